The van der Waals surface area contributed by atoms with Gasteiger partial charge in [-0.25, -0.2) is 9.37 Å². The van der Waals surface area contributed by atoms with Crippen molar-refractivity contribution in [2.24, 2.45) is 5.92 Å². The first-order valence-electron chi connectivity index (χ1n) is 8.61. The smallest absolute Gasteiger partial charge is 0.381 e. The number of aromatic nitrogens is 2. The first kappa shape index (κ1) is 17.7. The average molecular weight is 372 g/mol. The molecule has 0 spiro atoms. The largest absolute Gasteiger partial charge is 0.406 e. The van der Waals surface area contributed by atoms with Crippen LogP contribution in [0.5, 0.6) is 0 Å². The summed E-state index contributed by atoms with van der Waals surface area (Å²) in [7, 11) is 0. The van der Waals surface area contributed by atoms with Gasteiger partial charge in [0.15, 0.2) is 0 Å². The first-order valence-corrected chi connectivity index (χ1v) is 8.61. The number of benzene rings is 1. The van der Waals surface area contributed by atoms with E-state index in [0.29, 0.717) is 13.2 Å². The van der Waals surface area contributed by atoms with Gasteiger partial charge in [0, 0.05) is 37.2 Å². The molecule has 26 heavy (non-hydrogen) atoms. The van der Waals surface area contributed by atoms with Crippen LogP contribution in [0.3, 0.4) is 0 Å². The Bertz CT molecular complexity index is 806. The van der Waals surface area contributed by atoms with E-state index in [9.17, 15) is 17.6 Å². The summed E-state index contributed by atoms with van der Waals surface area (Å²) >= 11 is 0. The van der Waals surface area contributed by atoms with E-state index in [0.717, 1.165) is 30.1 Å². The lowest BCUT2D eigenvalue weighted by Gasteiger charge is -2.39. The van der Waals surface area contributed by atoms with Gasteiger partial charge >= 0.3 is 6.18 Å². The van der Waals surface area contributed by atoms with Gasteiger partial charge in [0.1, 0.15) is 18.2 Å². The van der Waals surface area contributed by atoms with Crippen LogP contribution in [0.4, 0.5) is 17.6 Å². The molecule has 2 atom stereocenters. The number of hydrogen-bond acceptors (Lipinski definition) is 4. The summed E-state index contributed by atoms with van der Waals surface area (Å²) in [5, 5.41) is 6.76. The number of fused-ring (bicyclic) bond motifs is 2. The van der Waals surface area contributed by atoms with Crippen molar-refractivity contribution in [2.75, 3.05) is 26.3 Å². The minimum atomic E-state index is -4.38. The number of halogens is 4. The summed E-state index contributed by atoms with van der Waals surface area (Å²) in [4.78, 5) is 4.26. The number of nitrogens with one attached hydrogen (secondary N) is 2. The molecule has 4 rings (SSSR count). The van der Waals surface area contributed by atoms with E-state index in [-0.39, 0.29) is 34.9 Å². The molecule has 0 saturated carbocycles. The average Bonchev–Trinajstić information content (AvgIpc) is 3.13. The predicted octanol–water partition coefficient (Wildman–Crippen LogP) is 2.21. The van der Waals surface area contributed by atoms with Crippen LogP contribution in [0.2, 0.25) is 0 Å². The minimum Gasteiger partial charge on any atom is -0.381 e. The molecule has 2 N–H and O–H groups in total. The Morgan fingerprint density at radius 3 is 3.04 bits per heavy atom. The topological polar surface area (TPSA) is 51.1 Å². The highest BCUT2D eigenvalue weighted by molar-refractivity contribution is 5.76. The molecule has 2 fully saturated rings. The maximum atomic E-state index is 13.5. The Labute approximate surface area is 147 Å². The summed E-state index contributed by atoms with van der Waals surface area (Å²) < 4.78 is 59.2. The Balaban J connectivity index is 1.64. The van der Waals surface area contributed by atoms with Crippen LogP contribution in [0, 0.1) is 11.7 Å². The van der Waals surface area contributed by atoms with Crippen LogP contribution in [0.15, 0.2) is 18.2 Å². The molecule has 0 aliphatic carbocycles. The van der Waals surface area contributed by atoms with Crippen molar-refractivity contribution >= 4 is 11.0 Å². The lowest BCUT2D eigenvalue weighted by atomic mass is 9.83. The molecule has 142 valence electrons. The van der Waals surface area contributed by atoms with Crippen molar-refractivity contribution < 1.29 is 22.3 Å². The highest BCUT2D eigenvalue weighted by atomic mass is 19.4. The summed E-state index contributed by atoms with van der Waals surface area (Å²) in [5.41, 5.74) is 0.313. The fourth-order valence-electron chi connectivity index (χ4n) is 3.99. The van der Waals surface area contributed by atoms with Gasteiger partial charge in [-0.3, -0.25) is 0 Å². The number of hydrogen-bond donors (Lipinski definition) is 2. The van der Waals surface area contributed by atoms with Crippen LogP contribution in [-0.2, 0) is 17.8 Å². The molecule has 0 radical (unpaired) electrons. The van der Waals surface area contributed by atoms with Crippen molar-refractivity contribution in [1.29, 1.82) is 0 Å². The summed E-state index contributed by atoms with van der Waals surface area (Å²) in [6.07, 6.45) is -3.59. The number of rotatable bonds is 4. The Morgan fingerprint density at radius 1 is 1.38 bits per heavy atom. The van der Waals surface area contributed by atoms with E-state index >= 15 is 0 Å². The molecule has 1 aromatic heterocycles. The molecular weight excluding hydrogens is 352 g/mol. The van der Waals surface area contributed by atoms with Crippen LogP contribution in [0.25, 0.3) is 11.0 Å². The summed E-state index contributed by atoms with van der Waals surface area (Å²) in [6, 6.07) is 3.67. The number of nitrogens with zero attached hydrogens (tertiary/aromatic N) is 2. The fourth-order valence-corrected chi connectivity index (χ4v) is 3.99. The van der Waals surface area contributed by atoms with Gasteiger partial charge in [-0.15, -0.1) is 0 Å². The molecule has 9 heteroatoms. The summed E-state index contributed by atoms with van der Waals surface area (Å²) in [5.74, 6) is 0.0142. The van der Waals surface area contributed by atoms with Gasteiger partial charge in [0.05, 0.1) is 24.2 Å². The Morgan fingerprint density at radius 2 is 2.23 bits per heavy atom. The molecule has 2 unspecified atom stereocenters. The molecular formula is C17H20F4N4O. The van der Waals surface area contributed by atoms with Crippen LogP contribution in [-0.4, -0.2) is 47.6 Å². The standard InChI is InChI=1S/C17H20F4N4O/c18-12-1-2-14-13(5-12)24-15(25(14)10-17(19,20)21)7-23-16-3-4-26-8-11(16)6-22-9-16/h1-2,5,11,22-23H,3-4,6-10H2. The van der Waals surface area contributed by atoms with Crippen LogP contribution >= 0.6 is 0 Å². The van der Waals surface area contributed by atoms with Gasteiger partial charge in [0.2, 0.25) is 0 Å². The number of alkyl halides is 3. The second-order valence-corrected chi connectivity index (χ2v) is 7.02. The third-order valence-electron chi connectivity index (χ3n) is 5.35. The Hall–Kier alpha value is -1.71. The fraction of sp³-hybridized carbons (Fsp3) is 0.588. The first-order chi connectivity index (χ1) is 12.4. The normalized spacial score (nSPS) is 26.4. The monoisotopic (exact) mass is 372 g/mol. The van der Waals surface area contributed by atoms with Gasteiger partial charge in [-0.1, -0.05) is 0 Å². The lowest BCUT2D eigenvalue weighted by Crippen LogP contribution is -2.55. The Kier molecular flexibility index (Phi) is 4.40. The van der Waals surface area contributed by atoms with Crippen LogP contribution in [0.1, 0.15) is 12.2 Å². The SMILES string of the molecule is Fc1ccc2c(c1)nc(CNC13CCOCC1CNC3)n2CC(F)(F)F. The number of ether oxygens (including phenoxy) is 1. The predicted molar refractivity (Wildman–Crippen MR) is 87.1 cm³/mol. The molecule has 5 nitrogen and oxygen atoms in total. The second kappa shape index (κ2) is 6.47. The van der Waals surface area contributed by atoms with E-state index in [1.807, 2.05) is 0 Å². The van der Waals surface area contributed by atoms with Gasteiger partial charge in [-0.05, 0) is 18.6 Å². The van der Waals surface area contributed by atoms with E-state index in [1.54, 1.807) is 0 Å². The molecule has 0 amide bonds. The molecule has 2 saturated heterocycles. The second-order valence-electron chi connectivity index (χ2n) is 7.02. The molecule has 3 heterocycles. The zero-order chi connectivity index (χ0) is 18.4. The number of imidazole rings is 1. The van der Waals surface area contributed by atoms with Crippen molar-refractivity contribution in [1.82, 2.24) is 20.2 Å². The van der Waals surface area contributed by atoms with Crippen molar-refractivity contribution in [3.63, 3.8) is 0 Å². The van der Waals surface area contributed by atoms with Crippen LogP contribution < -0.4 is 10.6 Å². The third kappa shape index (κ3) is 3.30. The van der Waals surface area contributed by atoms with E-state index in [4.69, 9.17) is 4.74 Å². The highest BCUT2D eigenvalue weighted by Gasteiger charge is 2.44. The minimum absolute atomic E-state index is 0.185. The zero-order valence-corrected chi connectivity index (χ0v) is 14.1. The third-order valence-corrected chi connectivity index (χ3v) is 5.35. The van der Waals surface area contributed by atoms with E-state index in [1.165, 1.54) is 12.1 Å². The zero-order valence-electron chi connectivity index (χ0n) is 14.1. The van der Waals surface area contributed by atoms with Crippen molar-refractivity contribution in [3.05, 3.63) is 29.8 Å². The van der Waals surface area contributed by atoms with E-state index < -0.39 is 18.5 Å². The molecule has 0 bridgehead atoms. The maximum Gasteiger partial charge on any atom is 0.406 e. The lowest BCUT2D eigenvalue weighted by molar-refractivity contribution is -0.140. The van der Waals surface area contributed by atoms with Crippen molar-refractivity contribution in [3.8, 4) is 0 Å². The van der Waals surface area contributed by atoms with Gasteiger partial charge < -0.3 is 19.9 Å². The van der Waals surface area contributed by atoms with Gasteiger partial charge in [0.25, 0.3) is 0 Å². The molecule has 2 aliphatic heterocycles. The van der Waals surface area contributed by atoms with Crippen molar-refractivity contribution in [2.45, 2.75) is 31.2 Å². The van der Waals surface area contributed by atoms with Gasteiger partial charge in [-0.2, -0.15) is 13.2 Å². The quantitative estimate of drug-likeness (QED) is 0.808. The molecule has 1 aromatic carbocycles. The summed E-state index contributed by atoms with van der Waals surface area (Å²) in [6.45, 7) is 1.85. The molecule has 2 aromatic rings. The highest BCUT2D eigenvalue weighted by Crippen LogP contribution is 2.31. The van der Waals surface area contributed by atoms with E-state index in [2.05, 4.69) is 15.6 Å². The maximum absolute atomic E-state index is 13.5. The molecule has 2 aliphatic rings.